The Balaban J connectivity index is 2.16. The lowest BCUT2D eigenvalue weighted by Crippen LogP contribution is -2.28. The Morgan fingerprint density at radius 2 is 1.84 bits per heavy atom. The Labute approximate surface area is 109 Å². The number of H-pyrrole nitrogens is 1. The van der Waals surface area contributed by atoms with E-state index in [0.717, 1.165) is 33.3 Å². The zero-order valence-electron chi connectivity index (χ0n) is 11.0. The molecule has 0 saturated carbocycles. The van der Waals surface area contributed by atoms with Crippen LogP contribution < -0.4 is 0 Å². The number of nitrogens with one attached hydrogen (secondary N) is 1. The molecule has 0 aliphatic heterocycles. The molecule has 1 atom stereocenters. The molecule has 0 spiro atoms. The Bertz CT molecular complexity index is 637. The molecule has 3 rings (SSSR count). The fourth-order valence-electron chi connectivity index (χ4n) is 3.12. The SMILES string of the molecule is Cc1ccc(C)c2c3c([nH]c12)CCC(C(F)(F)F)C3. The number of aromatic amines is 1. The van der Waals surface area contributed by atoms with Crippen molar-refractivity contribution >= 4 is 10.9 Å². The van der Waals surface area contributed by atoms with E-state index in [-0.39, 0.29) is 12.8 Å². The lowest BCUT2D eigenvalue weighted by atomic mass is 9.85. The fraction of sp³-hybridized carbons (Fsp3) is 0.467. The van der Waals surface area contributed by atoms with Crippen LogP contribution >= 0.6 is 0 Å². The van der Waals surface area contributed by atoms with Crippen LogP contribution in [-0.4, -0.2) is 11.2 Å². The van der Waals surface area contributed by atoms with Gasteiger partial charge in [0.15, 0.2) is 0 Å². The first-order valence-corrected chi connectivity index (χ1v) is 6.54. The van der Waals surface area contributed by atoms with E-state index in [2.05, 4.69) is 4.98 Å². The van der Waals surface area contributed by atoms with Crippen molar-refractivity contribution in [3.05, 3.63) is 34.5 Å². The van der Waals surface area contributed by atoms with Gasteiger partial charge < -0.3 is 4.98 Å². The summed E-state index contributed by atoms with van der Waals surface area (Å²) in [6, 6.07) is 4.00. The van der Waals surface area contributed by atoms with Gasteiger partial charge in [-0.15, -0.1) is 0 Å². The summed E-state index contributed by atoms with van der Waals surface area (Å²) in [6.45, 7) is 3.96. The van der Waals surface area contributed by atoms with Crippen molar-refractivity contribution < 1.29 is 13.2 Å². The van der Waals surface area contributed by atoms with Crippen molar-refractivity contribution in [2.24, 2.45) is 5.92 Å². The average molecular weight is 267 g/mol. The third kappa shape index (κ3) is 1.94. The summed E-state index contributed by atoms with van der Waals surface area (Å²) in [5.74, 6) is -1.20. The monoisotopic (exact) mass is 267 g/mol. The second kappa shape index (κ2) is 4.02. The quantitative estimate of drug-likeness (QED) is 0.725. The molecular formula is C15H16F3N. The molecule has 1 aliphatic rings. The summed E-state index contributed by atoms with van der Waals surface area (Å²) < 4.78 is 38.7. The molecule has 1 aromatic heterocycles. The molecule has 102 valence electrons. The molecule has 1 aliphatic carbocycles. The topological polar surface area (TPSA) is 15.8 Å². The first kappa shape index (κ1) is 12.6. The highest BCUT2D eigenvalue weighted by Crippen LogP contribution is 2.40. The smallest absolute Gasteiger partial charge is 0.358 e. The standard InChI is InChI=1S/C15H16F3N/c1-8-3-4-9(2)14-13(8)11-7-10(15(16,17)18)5-6-12(11)19-14/h3-4,10,19H,5-7H2,1-2H3. The Hall–Kier alpha value is -1.45. The van der Waals surface area contributed by atoms with E-state index in [4.69, 9.17) is 0 Å². The number of hydrogen-bond acceptors (Lipinski definition) is 0. The number of aromatic nitrogens is 1. The van der Waals surface area contributed by atoms with Gasteiger partial charge in [0.05, 0.1) is 5.92 Å². The minimum absolute atomic E-state index is 0.114. The second-order valence-electron chi connectivity index (χ2n) is 5.51. The maximum absolute atomic E-state index is 12.9. The predicted octanol–water partition coefficient (Wildman–Crippen LogP) is 4.45. The normalized spacial score (nSPS) is 19.7. The maximum atomic E-state index is 12.9. The average Bonchev–Trinajstić information content (AvgIpc) is 2.72. The van der Waals surface area contributed by atoms with Crippen LogP contribution in [0.25, 0.3) is 10.9 Å². The molecule has 0 amide bonds. The van der Waals surface area contributed by atoms with Crippen molar-refractivity contribution in [3.63, 3.8) is 0 Å². The number of hydrogen-bond donors (Lipinski definition) is 1. The summed E-state index contributed by atoms with van der Waals surface area (Å²) in [7, 11) is 0. The zero-order chi connectivity index (χ0) is 13.8. The Morgan fingerprint density at radius 1 is 1.16 bits per heavy atom. The lowest BCUT2D eigenvalue weighted by Gasteiger charge is -2.24. The van der Waals surface area contributed by atoms with E-state index in [1.54, 1.807) is 0 Å². The lowest BCUT2D eigenvalue weighted by molar-refractivity contribution is -0.177. The van der Waals surface area contributed by atoms with Gasteiger partial charge in [0, 0.05) is 16.6 Å². The third-order valence-electron chi connectivity index (χ3n) is 4.22. The highest BCUT2D eigenvalue weighted by atomic mass is 19.4. The van der Waals surface area contributed by atoms with Gasteiger partial charge in [0.2, 0.25) is 0 Å². The van der Waals surface area contributed by atoms with Gasteiger partial charge in [-0.25, -0.2) is 0 Å². The highest BCUT2D eigenvalue weighted by Gasteiger charge is 2.42. The van der Waals surface area contributed by atoms with Gasteiger partial charge in [0.1, 0.15) is 0 Å². The molecule has 4 heteroatoms. The molecule has 0 fully saturated rings. The van der Waals surface area contributed by atoms with Crippen LogP contribution in [0.15, 0.2) is 12.1 Å². The van der Waals surface area contributed by atoms with E-state index in [1.807, 2.05) is 26.0 Å². The van der Waals surface area contributed by atoms with Crippen LogP contribution in [0.2, 0.25) is 0 Å². The summed E-state index contributed by atoms with van der Waals surface area (Å²) >= 11 is 0. The van der Waals surface area contributed by atoms with E-state index >= 15 is 0 Å². The van der Waals surface area contributed by atoms with Crippen LogP contribution in [-0.2, 0) is 12.8 Å². The van der Waals surface area contributed by atoms with E-state index in [1.165, 1.54) is 0 Å². The zero-order valence-corrected chi connectivity index (χ0v) is 11.0. The van der Waals surface area contributed by atoms with Crippen molar-refractivity contribution in [2.45, 2.75) is 39.3 Å². The largest absolute Gasteiger partial charge is 0.392 e. The number of fused-ring (bicyclic) bond motifs is 3. The minimum Gasteiger partial charge on any atom is -0.358 e. The van der Waals surface area contributed by atoms with E-state index in [0.29, 0.717) is 6.42 Å². The van der Waals surface area contributed by atoms with E-state index in [9.17, 15) is 13.2 Å². The maximum Gasteiger partial charge on any atom is 0.392 e. The highest BCUT2D eigenvalue weighted by molar-refractivity contribution is 5.90. The Morgan fingerprint density at radius 3 is 2.53 bits per heavy atom. The summed E-state index contributed by atoms with van der Waals surface area (Å²) in [4.78, 5) is 3.33. The number of rotatable bonds is 0. The van der Waals surface area contributed by atoms with Gasteiger partial charge in [-0.3, -0.25) is 0 Å². The van der Waals surface area contributed by atoms with Crippen molar-refractivity contribution in [2.75, 3.05) is 0 Å². The fourth-order valence-corrected chi connectivity index (χ4v) is 3.12. The van der Waals surface area contributed by atoms with Gasteiger partial charge in [-0.2, -0.15) is 13.2 Å². The molecule has 0 bridgehead atoms. The second-order valence-corrected chi connectivity index (χ2v) is 5.51. The van der Waals surface area contributed by atoms with Crippen LogP contribution in [0.1, 0.15) is 28.8 Å². The van der Waals surface area contributed by atoms with Gasteiger partial charge in [-0.05, 0) is 49.8 Å². The molecule has 1 heterocycles. The summed E-state index contributed by atoms with van der Waals surface area (Å²) in [6.07, 6.45) is -3.28. The molecule has 19 heavy (non-hydrogen) atoms. The summed E-state index contributed by atoms with van der Waals surface area (Å²) in [5, 5.41) is 1.00. The number of alkyl halides is 3. The van der Waals surface area contributed by atoms with E-state index < -0.39 is 12.1 Å². The predicted molar refractivity (Wildman–Crippen MR) is 69.3 cm³/mol. The van der Waals surface area contributed by atoms with Crippen molar-refractivity contribution in [1.29, 1.82) is 0 Å². The molecular weight excluding hydrogens is 251 g/mol. The number of aryl methyl sites for hydroxylation is 3. The molecule has 1 unspecified atom stereocenters. The molecule has 1 N–H and O–H groups in total. The van der Waals surface area contributed by atoms with Gasteiger partial charge in [-0.1, -0.05) is 12.1 Å². The van der Waals surface area contributed by atoms with Crippen molar-refractivity contribution in [3.8, 4) is 0 Å². The molecule has 1 aromatic carbocycles. The van der Waals surface area contributed by atoms with Crippen LogP contribution in [0, 0.1) is 19.8 Å². The minimum atomic E-state index is -4.08. The molecule has 2 aromatic rings. The van der Waals surface area contributed by atoms with Crippen LogP contribution in [0.5, 0.6) is 0 Å². The third-order valence-corrected chi connectivity index (χ3v) is 4.22. The summed E-state index contributed by atoms with van der Waals surface area (Å²) in [5.41, 5.74) is 5.03. The number of benzene rings is 1. The molecule has 1 nitrogen and oxygen atoms in total. The molecule has 0 saturated heterocycles. The number of halogens is 3. The van der Waals surface area contributed by atoms with Crippen LogP contribution in [0.3, 0.4) is 0 Å². The first-order valence-electron chi connectivity index (χ1n) is 6.54. The van der Waals surface area contributed by atoms with Gasteiger partial charge >= 0.3 is 6.18 Å². The Kier molecular flexibility index (Phi) is 2.66. The molecule has 0 radical (unpaired) electrons. The van der Waals surface area contributed by atoms with Gasteiger partial charge in [0.25, 0.3) is 0 Å². The first-order chi connectivity index (χ1) is 8.88. The van der Waals surface area contributed by atoms with Crippen molar-refractivity contribution in [1.82, 2.24) is 4.98 Å². The van der Waals surface area contributed by atoms with Crippen LogP contribution in [0.4, 0.5) is 13.2 Å².